The first kappa shape index (κ1) is 15.3. The molecule has 0 aromatic heterocycles. The lowest BCUT2D eigenvalue weighted by Gasteiger charge is -2.14. The van der Waals surface area contributed by atoms with Crippen LogP contribution in [0.25, 0.3) is 0 Å². The molecule has 3 nitrogen and oxygen atoms in total. The highest BCUT2D eigenvalue weighted by Crippen LogP contribution is 2.23. The van der Waals surface area contributed by atoms with E-state index in [4.69, 9.17) is 17.0 Å². The molecule has 0 atom stereocenters. The van der Waals surface area contributed by atoms with Gasteiger partial charge in [0.05, 0.1) is 12.3 Å². The summed E-state index contributed by atoms with van der Waals surface area (Å²) in [6.07, 6.45) is 0. The van der Waals surface area contributed by atoms with E-state index < -0.39 is 0 Å². The summed E-state index contributed by atoms with van der Waals surface area (Å²) in [5.41, 5.74) is 1.77. The van der Waals surface area contributed by atoms with Gasteiger partial charge in [0.2, 0.25) is 0 Å². The number of hydrogen-bond donors (Lipinski definition) is 2. The Morgan fingerprint density at radius 1 is 1.14 bits per heavy atom. The van der Waals surface area contributed by atoms with Gasteiger partial charge >= 0.3 is 0 Å². The van der Waals surface area contributed by atoms with Crippen molar-refractivity contribution in [1.29, 1.82) is 0 Å². The molecule has 2 rings (SSSR count). The minimum atomic E-state index is -0.245. The van der Waals surface area contributed by atoms with Crippen molar-refractivity contribution in [3.63, 3.8) is 0 Å². The van der Waals surface area contributed by atoms with Crippen molar-refractivity contribution in [1.82, 2.24) is 5.32 Å². The van der Waals surface area contributed by atoms with Crippen LogP contribution in [-0.2, 0) is 6.54 Å². The molecule has 0 amide bonds. The Morgan fingerprint density at radius 2 is 1.86 bits per heavy atom. The van der Waals surface area contributed by atoms with Gasteiger partial charge in [0.1, 0.15) is 11.6 Å². The third-order valence-corrected chi connectivity index (χ3v) is 3.05. The molecule has 0 unspecified atom stereocenters. The van der Waals surface area contributed by atoms with E-state index in [1.54, 1.807) is 12.1 Å². The van der Waals surface area contributed by atoms with Gasteiger partial charge in [-0.15, -0.1) is 0 Å². The SMILES string of the molecule is CCOc1ccccc1NC(=S)NCc1ccc(F)cc1. The summed E-state index contributed by atoms with van der Waals surface area (Å²) < 4.78 is 18.3. The number of hydrogen-bond acceptors (Lipinski definition) is 2. The van der Waals surface area contributed by atoms with Gasteiger partial charge in [-0.25, -0.2) is 4.39 Å². The molecule has 0 aliphatic carbocycles. The number of para-hydroxylation sites is 2. The standard InChI is InChI=1S/C16H17FN2OS/c1-2-20-15-6-4-3-5-14(15)19-16(21)18-11-12-7-9-13(17)10-8-12/h3-10H,2,11H2,1H3,(H2,18,19,21). The summed E-state index contributed by atoms with van der Waals surface area (Å²) in [6, 6.07) is 13.9. The minimum Gasteiger partial charge on any atom is -0.492 e. The molecular weight excluding hydrogens is 287 g/mol. The minimum absolute atomic E-state index is 0.245. The van der Waals surface area contributed by atoms with Crippen LogP contribution in [0.1, 0.15) is 12.5 Å². The van der Waals surface area contributed by atoms with E-state index >= 15 is 0 Å². The third-order valence-electron chi connectivity index (χ3n) is 2.80. The monoisotopic (exact) mass is 304 g/mol. The van der Waals surface area contributed by atoms with Crippen molar-refractivity contribution < 1.29 is 9.13 Å². The fourth-order valence-electron chi connectivity index (χ4n) is 1.80. The molecule has 110 valence electrons. The lowest BCUT2D eigenvalue weighted by molar-refractivity contribution is 0.342. The van der Waals surface area contributed by atoms with Crippen LogP contribution >= 0.6 is 12.2 Å². The largest absolute Gasteiger partial charge is 0.492 e. The summed E-state index contributed by atoms with van der Waals surface area (Å²) in [4.78, 5) is 0. The zero-order valence-electron chi connectivity index (χ0n) is 11.7. The van der Waals surface area contributed by atoms with Crippen molar-refractivity contribution in [2.45, 2.75) is 13.5 Å². The van der Waals surface area contributed by atoms with Crippen molar-refractivity contribution in [2.24, 2.45) is 0 Å². The van der Waals surface area contributed by atoms with Crippen LogP contribution in [0.2, 0.25) is 0 Å². The second-order valence-electron chi connectivity index (χ2n) is 4.36. The normalized spacial score (nSPS) is 10.0. The smallest absolute Gasteiger partial charge is 0.171 e. The van der Waals surface area contributed by atoms with Crippen molar-refractivity contribution in [3.8, 4) is 5.75 Å². The second-order valence-corrected chi connectivity index (χ2v) is 4.77. The van der Waals surface area contributed by atoms with Crippen LogP contribution in [0, 0.1) is 5.82 Å². The van der Waals surface area contributed by atoms with Gasteiger partial charge in [0.15, 0.2) is 5.11 Å². The van der Waals surface area contributed by atoms with Crippen molar-refractivity contribution in [3.05, 3.63) is 59.9 Å². The lowest BCUT2D eigenvalue weighted by atomic mass is 10.2. The average molecular weight is 304 g/mol. The van der Waals surface area contributed by atoms with Crippen molar-refractivity contribution in [2.75, 3.05) is 11.9 Å². The summed E-state index contributed by atoms with van der Waals surface area (Å²) in [5, 5.41) is 6.67. The number of halogens is 1. The first-order chi connectivity index (χ1) is 10.2. The van der Waals surface area contributed by atoms with Gasteiger partial charge < -0.3 is 15.4 Å². The van der Waals surface area contributed by atoms with Crippen LogP contribution in [0.4, 0.5) is 10.1 Å². The number of nitrogens with one attached hydrogen (secondary N) is 2. The fraction of sp³-hybridized carbons (Fsp3) is 0.188. The van der Waals surface area contributed by atoms with Crippen LogP contribution in [0.5, 0.6) is 5.75 Å². The molecular formula is C16H17FN2OS. The maximum Gasteiger partial charge on any atom is 0.171 e. The quantitative estimate of drug-likeness (QED) is 0.825. The summed E-state index contributed by atoms with van der Waals surface area (Å²) in [7, 11) is 0. The van der Waals surface area contributed by atoms with Crippen molar-refractivity contribution >= 4 is 23.0 Å². The van der Waals surface area contributed by atoms with E-state index in [0.717, 1.165) is 17.0 Å². The Morgan fingerprint density at radius 3 is 2.57 bits per heavy atom. The van der Waals surface area contributed by atoms with Gasteiger partial charge in [0, 0.05) is 6.54 Å². The van der Waals surface area contributed by atoms with Gasteiger partial charge in [0.25, 0.3) is 0 Å². The summed E-state index contributed by atoms with van der Waals surface area (Å²) in [6.45, 7) is 3.05. The first-order valence-electron chi connectivity index (χ1n) is 6.70. The van der Waals surface area contributed by atoms with E-state index in [-0.39, 0.29) is 5.82 Å². The van der Waals surface area contributed by atoms with E-state index in [1.807, 2.05) is 31.2 Å². The van der Waals surface area contributed by atoms with Gasteiger partial charge in [-0.2, -0.15) is 0 Å². The molecule has 0 heterocycles. The number of ether oxygens (including phenoxy) is 1. The Hall–Kier alpha value is -2.14. The van der Waals surface area contributed by atoms with Gasteiger partial charge in [-0.3, -0.25) is 0 Å². The summed E-state index contributed by atoms with van der Waals surface area (Å²) >= 11 is 5.25. The lowest BCUT2D eigenvalue weighted by Crippen LogP contribution is -2.28. The maximum absolute atomic E-state index is 12.8. The third kappa shape index (κ3) is 4.72. The first-order valence-corrected chi connectivity index (χ1v) is 7.11. The molecule has 2 N–H and O–H groups in total. The molecule has 0 bridgehead atoms. The number of benzene rings is 2. The Kier molecular flexibility index (Phi) is 5.51. The van der Waals surface area contributed by atoms with E-state index in [2.05, 4.69) is 10.6 Å². The van der Waals surface area contributed by atoms with E-state index in [9.17, 15) is 4.39 Å². The molecule has 0 aliphatic rings. The molecule has 0 saturated carbocycles. The highest BCUT2D eigenvalue weighted by atomic mass is 32.1. The predicted octanol–water partition coefficient (Wildman–Crippen LogP) is 3.71. The molecule has 0 radical (unpaired) electrons. The fourth-order valence-corrected chi connectivity index (χ4v) is 1.98. The van der Waals surface area contributed by atoms with Crippen LogP contribution in [-0.4, -0.2) is 11.7 Å². The Balaban J connectivity index is 1.91. The molecule has 0 aliphatic heterocycles. The number of anilines is 1. The summed E-state index contributed by atoms with van der Waals surface area (Å²) in [5.74, 6) is 0.510. The maximum atomic E-state index is 12.8. The second kappa shape index (κ2) is 7.59. The van der Waals surface area contributed by atoms with E-state index in [0.29, 0.717) is 18.3 Å². The molecule has 5 heteroatoms. The molecule has 2 aromatic rings. The zero-order chi connectivity index (χ0) is 15.1. The highest BCUT2D eigenvalue weighted by molar-refractivity contribution is 7.80. The Bertz CT molecular complexity index is 601. The van der Waals surface area contributed by atoms with Crippen LogP contribution in [0.15, 0.2) is 48.5 Å². The van der Waals surface area contributed by atoms with Crippen LogP contribution in [0.3, 0.4) is 0 Å². The highest BCUT2D eigenvalue weighted by Gasteiger charge is 2.04. The molecule has 0 spiro atoms. The number of rotatable bonds is 5. The predicted molar refractivity (Wildman–Crippen MR) is 87.1 cm³/mol. The van der Waals surface area contributed by atoms with Gasteiger partial charge in [-0.05, 0) is 49.0 Å². The average Bonchev–Trinajstić information content (AvgIpc) is 2.49. The molecule has 2 aromatic carbocycles. The molecule has 0 fully saturated rings. The van der Waals surface area contributed by atoms with Gasteiger partial charge in [-0.1, -0.05) is 24.3 Å². The molecule has 21 heavy (non-hydrogen) atoms. The van der Waals surface area contributed by atoms with Crippen LogP contribution < -0.4 is 15.4 Å². The Labute approximate surface area is 129 Å². The topological polar surface area (TPSA) is 33.3 Å². The molecule has 0 saturated heterocycles. The number of thiocarbonyl (C=S) groups is 1. The zero-order valence-corrected chi connectivity index (χ0v) is 12.5. The van der Waals surface area contributed by atoms with E-state index in [1.165, 1.54) is 12.1 Å².